The Hall–Kier alpha value is -3.03. The lowest BCUT2D eigenvalue weighted by molar-refractivity contribution is 0.102. The summed E-state index contributed by atoms with van der Waals surface area (Å²) in [4.78, 5) is 12.8. The Morgan fingerprint density at radius 2 is 1.52 bits per heavy atom. The minimum atomic E-state index is -3.48. The fourth-order valence-electron chi connectivity index (χ4n) is 3.65. The summed E-state index contributed by atoms with van der Waals surface area (Å²) >= 11 is 0. The highest BCUT2D eigenvalue weighted by atomic mass is 32.2. The molecule has 1 saturated heterocycles. The standard InChI is InChI=1S/C24H23FN2O3S/c25-21-9-11-22(12-10-21)26-24(28)20-6-4-5-19(17-20)18-7-13-23(14-8-18)31(29,30)27-15-2-1-3-16-27/h4-14,17H,1-3,15-16H2,(H,26,28). The van der Waals surface area contributed by atoms with E-state index < -0.39 is 10.0 Å². The third-order valence-corrected chi connectivity index (χ3v) is 7.28. The van der Waals surface area contributed by atoms with E-state index in [0.717, 1.165) is 30.4 Å². The Kier molecular flexibility index (Phi) is 6.15. The molecule has 1 N–H and O–H groups in total. The van der Waals surface area contributed by atoms with Crippen molar-refractivity contribution in [3.63, 3.8) is 0 Å². The fraction of sp³-hybridized carbons (Fsp3) is 0.208. The first-order chi connectivity index (χ1) is 14.9. The monoisotopic (exact) mass is 438 g/mol. The average molecular weight is 439 g/mol. The van der Waals surface area contributed by atoms with E-state index in [2.05, 4.69) is 5.32 Å². The topological polar surface area (TPSA) is 66.5 Å². The lowest BCUT2D eigenvalue weighted by Crippen LogP contribution is -2.35. The molecule has 0 spiro atoms. The number of hydrogen-bond donors (Lipinski definition) is 1. The molecule has 7 heteroatoms. The summed E-state index contributed by atoms with van der Waals surface area (Å²) in [5.41, 5.74) is 2.57. The zero-order valence-electron chi connectivity index (χ0n) is 16.9. The van der Waals surface area contributed by atoms with E-state index in [4.69, 9.17) is 0 Å². The smallest absolute Gasteiger partial charge is 0.255 e. The van der Waals surface area contributed by atoms with E-state index in [-0.39, 0.29) is 16.6 Å². The number of piperidine rings is 1. The second-order valence-corrected chi connectivity index (χ2v) is 9.47. The van der Waals surface area contributed by atoms with E-state index in [1.54, 1.807) is 46.8 Å². The van der Waals surface area contributed by atoms with Crippen LogP contribution in [0.4, 0.5) is 10.1 Å². The minimum Gasteiger partial charge on any atom is -0.322 e. The summed E-state index contributed by atoms with van der Waals surface area (Å²) < 4.78 is 40.2. The molecule has 3 aromatic carbocycles. The van der Waals surface area contributed by atoms with Gasteiger partial charge in [-0.05, 0) is 72.5 Å². The highest BCUT2D eigenvalue weighted by molar-refractivity contribution is 7.89. The number of benzene rings is 3. The van der Waals surface area contributed by atoms with Crippen LogP contribution in [0.1, 0.15) is 29.6 Å². The molecule has 0 aromatic heterocycles. The van der Waals surface area contributed by atoms with Crippen molar-refractivity contribution in [2.24, 2.45) is 0 Å². The van der Waals surface area contributed by atoms with Crippen LogP contribution in [-0.2, 0) is 10.0 Å². The van der Waals surface area contributed by atoms with Crippen LogP contribution < -0.4 is 5.32 Å². The Balaban J connectivity index is 1.52. The first-order valence-electron chi connectivity index (χ1n) is 10.2. The highest BCUT2D eigenvalue weighted by Gasteiger charge is 2.25. The summed E-state index contributed by atoms with van der Waals surface area (Å²) in [6.45, 7) is 1.13. The molecule has 0 radical (unpaired) electrons. The van der Waals surface area contributed by atoms with Gasteiger partial charge in [0.2, 0.25) is 10.0 Å². The SMILES string of the molecule is O=C(Nc1ccc(F)cc1)c1cccc(-c2ccc(S(=O)(=O)N3CCCCC3)cc2)c1. The lowest BCUT2D eigenvalue weighted by Gasteiger charge is -2.25. The van der Waals surface area contributed by atoms with Gasteiger partial charge in [-0.3, -0.25) is 4.79 Å². The number of nitrogens with zero attached hydrogens (tertiary/aromatic N) is 1. The first kappa shape index (κ1) is 21.2. The lowest BCUT2D eigenvalue weighted by atomic mass is 10.0. The molecular weight excluding hydrogens is 415 g/mol. The molecule has 160 valence electrons. The van der Waals surface area contributed by atoms with Gasteiger partial charge in [0.15, 0.2) is 0 Å². The van der Waals surface area contributed by atoms with Crippen LogP contribution in [0.5, 0.6) is 0 Å². The van der Waals surface area contributed by atoms with E-state index in [1.807, 2.05) is 6.07 Å². The first-order valence-corrected chi connectivity index (χ1v) is 11.6. The summed E-state index contributed by atoms with van der Waals surface area (Å²) in [5.74, 6) is -0.677. The Bertz CT molecular complexity index is 1170. The van der Waals surface area contributed by atoms with Gasteiger partial charge >= 0.3 is 0 Å². The maximum atomic E-state index is 13.0. The molecular formula is C24H23FN2O3S. The average Bonchev–Trinajstić information content (AvgIpc) is 2.81. The van der Waals surface area contributed by atoms with Crippen LogP contribution in [0.25, 0.3) is 11.1 Å². The van der Waals surface area contributed by atoms with Crippen LogP contribution in [0.2, 0.25) is 0 Å². The largest absolute Gasteiger partial charge is 0.322 e. The fourth-order valence-corrected chi connectivity index (χ4v) is 5.17. The van der Waals surface area contributed by atoms with Crippen molar-refractivity contribution >= 4 is 21.6 Å². The highest BCUT2D eigenvalue weighted by Crippen LogP contribution is 2.25. The van der Waals surface area contributed by atoms with Gasteiger partial charge in [0, 0.05) is 24.3 Å². The molecule has 0 unspecified atom stereocenters. The number of anilines is 1. The predicted octanol–water partition coefficient (Wildman–Crippen LogP) is 4.92. The number of amides is 1. The van der Waals surface area contributed by atoms with Crippen molar-refractivity contribution in [3.8, 4) is 11.1 Å². The van der Waals surface area contributed by atoms with Crippen LogP contribution in [0.15, 0.2) is 77.7 Å². The number of sulfonamides is 1. The van der Waals surface area contributed by atoms with Crippen molar-refractivity contribution in [3.05, 3.63) is 84.2 Å². The summed E-state index contributed by atoms with van der Waals surface area (Å²) in [5, 5.41) is 2.74. The maximum absolute atomic E-state index is 13.0. The zero-order chi connectivity index (χ0) is 21.8. The van der Waals surface area contributed by atoms with Gasteiger partial charge in [-0.15, -0.1) is 0 Å². The molecule has 1 aliphatic rings. The Morgan fingerprint density at radius 1 is 0.839 bits per heavy atom. The van der Waals surface area contributed by atoms with E-state index >= 15 is 0 Å². The molecule has 0 bridgehead atoms. The Morgan fingerprint density at radius 3 is 2.19 bits per heavy atom. The molecule has 1 aliphatic heterocycles. The predicted molar refractivity (Wildman–Crippen MR) is 119 cm³/mol. The molecule has 0 saturated carbocycles. The quantitative estimate of drug-likeness (QED) is 0.615. The van der Waals surface area contributed by atoms with E-state index in [0.29, 0.717) is 24.3 Å². The third kappa shape index (κ3) is 4.84. The van der Waals surface area contributed by atoms with Crippen LogP contribution in [0.3, 0.4) is 0 Å². The van der Waals surface area contributed by atoms with Gasteiger partial charge in [0.05, 0.1) is 4.90 Å². The van der Waals surface area contributed by atoms with Crippen molar-refractivity contribution < 1.29 is 17.6 Å². The zero-order valence-corrected chi connectivity index (χ0v) is 17.7. The molecule has 5 nitrogen and oxygen atoms in total. The van der Waals surface area contributed by atoms with E-state index in [1.165, 1.54) is 24.3 Å². The third-order valence-electron chi connectivity index (χ3n) is 5.37. The number of nitrogens with one attached hydrogen (secondary N) is 1. The van der Waals surface area contributed by atoms with Gasteiger partial charge in [-0.2, -0.15) is 4.31 Å². The number of halogens is 1. The normalized spacial score (nSPS) is 14.9. The summed E-state index contributed by atoms with van der Waals surface area (Å²) in [7, 11) is -3.48. The van der Waals surface area contributed by atoms with Crippen molar-refractivity contribution in [1.29, 1.82) is 0 Å². The number of carbonyl (C=O) groups is 1. The maximum Gasteiger partial charge on any atom is 0.255 e. The minimum absolute atomic E-state index is 0.281. The molecule has 1 fully saturated rings. The van der Waals surface area contributed by atoms with Gasteiger partial charge in [0.25, 0.3) is 5.91 Å². The van der Waals surface area contributed by atoms with Gasteiger partial charge < -0.3 is 5.32 Å². The number of hydrogen-bond acceptors (Lipinski definition) is 3. The molecule has 1 heterocycles. The van der Waals surface area contributed by atoms with Gasteiger partial charge in [0.1, 0.15) is 5.82 Å². The molecule has 0 atom stereocenters. The molecule has 3 aromatic rings. The summed E-state index contributed by atoms with van der Waals surface area (Å²) in [6.07, 6.45) is 2.85. The summed E-state index contributed by atoms with van der Waals surface area (Å²) in [6, 6.07) is 19.4. The molecule has 31 heavy (non-hydrogen) atoms. The van der Waals surface area contributed by atoms with Crippen LogP contribution >= 0.6 is 0 Å². The molecule has 4 rings (SSSR count). The Labute approximate surface area is 181 Å². The molecule has 1 amide bonds. The van der Waals surface area contributed by atoms with E-state index in [9.17, 15) is 17.6 Å². The van der Waals surface area contributed by atoms with Crippen molar-refractivity contribution in [2.45, 2.75) is 24.2 Å². The molecule has 0 aliphatic carbocycles. The number of rotatable bonds is 5. The van der Waals surface area contributed by atoms with Crippen LogP contribution in [-0.4, -0.2) is 31.7 Å². The number of carbonyl (C=O) groups excluding carboxylic acids is 1. The second-order valence-electron chi connectivity index (χ2n) is 7.53. The van der Waals surface area contributed by atoms with Crippen molar-refractivity contribution in [2.75, 3.05) is 18.4 Å². The van der Waals surface area contributed by atoms with Crippen molar-refractivity contribution in [1.82, 2.24) is 4.31 Å². The van der Waals surface area contributed by atoms with Crippen LogP contribution in [0, 0.1) is 5.82 Å². The van der Waals surface area contributed by atoms with Gasteiger partial charge in [-0.1, -0.05) is 30.7 Å². The second kappa shape index (κ2) is 8.99. The van der Waals surface area contributed by atoms with Gasteiger partial charge in [-0.25, -0.2) is 12.8 Å².